The first kappa shape index (κ1) is 29.6. The fourth-order valence-corrected chi connectivity index (χ4v) is 5.51. The molecule has 0 bridgehead atoms. The summed E-state index contributed by atoms with van der Waals surface area (Å²) in [6.45, 7) is 11.3. The molecule has 4 aromatic rings. The molecule has 0 aliphatic carbocycles. The Kier molecular flexibility index (Phi) is 9.23. The maximum absolute atomic E-state index is 12.6. The zero-order chi connectivity index (χ0) is 26.2. The van der Waals surface area contributed by atoms with E-state index in [0.29, 0.717) is 12.3 Å². The van der Waals surface area contributed by atoms with Crippen LogP contribution < -0.4 is 15.0 Å². The highest BCUT2D eigenvalue weighted by Gasteiger charge is 2.27. The number of halogens is 2. The summed E-state index contributed by atoms with van der Waals surface area (Å²) in [6.07, 6.45) is 2.64. The summed E-state index contributed by atoms with van der Waals surface area (Å²) in [7, 11) is 0. The maximum Gasteiger partial charge on any atom is 0.272 e. The van der Waals surface area contributed by atoms with Crippen LogP contribution in [0.3, 0.4) is 0 Å². The van der Waals surface area contributed by atoms with Gasteiger partial charge in [0.15, 0.2) is 5.69 Å². The fraction of sp³-hybridized carbons (Fsp3) is 0.367. The maximum atomic E-state index is 12.6. The molecule has 1 fully saturated rings. The van der Waals surface area contributed by atoms with Gasteiger partial charge in [-0.3, -0.25) is 19.2 Å². The van der Waals surface area contributed by atoms with Crippen LogP contribution >= 0.6 is 24.8 Å². The zero-order valence-corrected chi connectivity index (χ0v) is 24.7. The minimum atomic E-state index is -0.161. The van der Waals surface area contributed by atoms with Crippen LogP contribution in [0, 0.1) is 6.92 Å². The Morgan fingerprint density at radius 3 is 2.52 bits per heavy atom. The number of aromatic nitrogens is 3. The molecule has 0 radical (unpaired) electrons. The van der Waals surface area contributed by atoms with Gasteiger partial charge in [0, 0.05) is 55.5 Å². The van der Waals surface area contributed by atoms with Gasteiger partial charge in [-0.15, -0.1) is 24.8 Å². The number of nitrogens with one attached hydrogen (secondary N) is 1. The van der Waals surface area contributed by atoms with E-state index in [9.17, 15) is 4.79 Å². The molecule has 2 aromatic carbocycles. The van der Waals surface area contributed by atoms with Crippen molar-refractivity contribution in [2.45, 2.75) is 39.8 Å². The normalized spacial score (nSPS) is 14.6. The van der Waals surface area contributed by atoms with Gasteiger partial charge in [-0.2, -0.15) is 0 Å². The van der Waals surface area contributed by atoms with Gasteiger partial charge in [0.2, 0.25) is 0 Å². The molecule has 1 N–H and O–H groups in total. The summed E-state index contributed by atoms with van der Waals surface area (Å²) < 4.78 is 8.22. The SMILES string of the molecule is Cc1ccc2c(N3CCN(CCc4cccc5c4OCc4c(C(=O)NC(C)C)ncn4-5)CC3)cccc2n1.Cl.Cl. The molecule has 8 nitrogen and oxygen atoms in total. The summed E-state index contributed by atoms with van der Waals surface area (Å²) in [6, 6.07) is 17.0. The van der Waals surface area contributed by atoms with E-state index < -0.39 is 0 Å². The summed E-state index contributed by atoms with van der Waals surface area (Å²) >= 11 is 0. The van der Waals surface area contributed by atoms with Crippen molar-refractivity contribution in [2.75, 3.05) is 37.6 Å². The third-order valence-electron chi connectivity index (χ3n) is 7.45. The van der Waals surface area contributed by atoms with Crippen LogP contribution in [0.4, 0.5) is 5.69 Å². The molecule has 10 heteroatoms. The van der Waals surface area contributed by atoms with Crippen LogP contribution in [0.2, 0.25) is 0 Å². The number of carbonyl (C=O) groups excluding carboxylic acids is 1. The number of aryl methyl sites for hydroxylation is 1. The van der Waals surface area contributed by atoms with E-state index >= 15 is 0 Å². The highest BCUT2D eigenvalue weighted by molar-refractivity contribution is 5.94. The van der Waals surface area contributed by atoms with Crippen LogP contribution in [0.1, 0.15) is 41.3 Å². The molecule has 40 heavy (non-hydrogen) atoms. The molecule has 2 aliphatic rings. The highest BCUT2D eigenvalue weighted by atomic mass is 35.5. The second kappa shape index (κ2) is 12.5. The fourth-order valence-electron chi connectivity index (χ4n) is 5.51. The van der Waals surface area contributed by atoms with Crippen molar-refractivity contribution in [3.63, 3.8) is 0 Å². The predicted octanol–water partition coefficient (Wildman–Crippen LogP) is 4.97. The van der Waals surface area contributed by atoms with Gasteiger partial charge >= 0.3 is 0 Å². The van der Waals surface area contributed by atoms with Gasteiger partial charge in [-0.1, -0.05) is 18.2 Å². The Hall–Kier alpha value is -3.33. The van der Waals surface area contributed by atoms with E-state index in [1.165, 1.54) is 16.6 Å². The van der Waals surface area contributed by atoms with E-state index in [2.05, 4.69) is 62.6 Å². The van der Waals surface area contributed by atoms with Crippen molar-refractivity contribution >= 4 is 47.3 Å². The van der Waals surface area contributed by atoms with Crippen molar-refractivity contribution in [3.8, 4) is 11.4 Å². The number of hydrogen-bond donors (Lipinski definition) is 1. The minimum absolute atomic E-state index is 0. The van der Waals surface area contributed by atoms with E-state index in [0.717, 1.165) is 67.5 Å². The molecule has 6 rings (SSSR count). The number of ether oxygens (including phenoxy) is 1. The summed E-state index contributed by atoms with van der Waals surface area (Å²) in [5, 5.41) is 4.15. The molecular weight excluding hydrogens is 547 g/mol. The number of para-hydroxylation sites is 1. The monoisotopic (exact) mass is 582 g/mol. The zero-order valence-electron chi connectivity index (χ0n) is 23.1. The molecule has 2 aromatic heterocycles. The molecule has 1 amide bonds. The standard InChI is InChI=1S/C30H34N6O2.2ClH/c1-20(2)32-30(37)28-27-18-38-29-22(6-4-9-26(29)36(27)19-31-28)12-13-34-14-16-35(17-15-34)25-8-5-7-24-23(25)11-10-21(3)33-24;;/h4-11,19-20H,12-18H2,1-3H3,(H,32,37);2*1H. The van der Waals surface area contributed by atoms with Gasteiger partial charge in [0.05, 0.1) is 16.9 Å². The van der Waals surface area contributed by atoms with Crippen molar-refractivity contribution in [2.24, 2.45) is 0 Å². The predicted molar refractivity (Wildman–Crippen MR) is 164 cm³/mol. The van der Waals surface area contributed by atoms with E-state index in [1.54, 1.807) is 6.33 Å². The van der Waals surface area contributed by atoms with Gasteiger partial charge in [0.1, 0.15) is 18.7 Å². The second-order valence-corrected chi connectivity index (χ2v) is 10.5. The van der Waals surface area contributed by atoms with Crippen LogP contribution in [-0.2, 0) is 13.0 Å². The van der Waals surface area contributed by atoms with Gasteiger partial charge < -0.3 is 15.0 Å². The average Bonchev–Trinajstić information content (AvgIpc) is 3.36. The number of anilines is 1. The number of imidazole rings is 1. The van der Waals surface area contributed by atoms with Gasteiger partial charge in [0.25, 0.3) is 5.91 Å². The Bertz CT molecular complexity index is 1500. The number of fused-ring (bicyclic) bond motifs is 4. The minimum Gasteiger partial charge on any atom is -0.485 e. The summed E-state index contributed by atoms with van der Waals surface area (Å²) in [5.41, 5.74) is 6.75. The Labute approximate surface area is 247 Å². The second-order valence-electron chi connectivity index (χ2n) is 10.5. The van der Waals surface area contributed by atoms with Crippen LogP contribution in [0.25, 0.3) is 16.6 Å². The number of nitrogens with zero attached hydrogens (tertiary/aromatic N) is 5. The first-order chi connectivity index (χ1) is 18.5. The van der Waals surface area contributed by atoms with Crippen molar-refractivity contribution in [1.82, 2.24) is 24.8 Å². The third-order valence-corrected chi connectivity index (χ3v) is 7.45. The molecule has 1 saturated heterocycles. The molecule has 212 valence electrons. The van der Waals surface area contributed by atoms with Crippen molar-refractivity contribution in [1.29, 1.82) is 0 Å². The highest BCUT2D eigenvalue weighted by Crippen LogP contribution is 2.35. The lowest BCUT2D eigenvalue weighted by Crippen LogP contribution is -2.47. The molecular formula is C30H36Cl2N6O2. The number of piperazine rings is 1. The number of benzene rings is 2. The van der Waals surface area contributed by atoms with Crippen molar-refractivity contribution in [3.05, 3.63) is 77.5 Å². The lowest BCUT2D eigenvalue weighted by Gasteiger charge is -2.36. The van der Waals surface area contributed by atoms with E-state index in [4.69, 9.17) is 9.72 Å². The molecule has 4 heterocycles. The first-order valence-electron chi connectivity index (χ1n) is 13.4. The van der Waals surface area contributed by atoms with Gasteiger partial charge in [-0.25, -0.2) is 4.98 Å². The largest absolute Gasteiger partial charge is 0.485 e. The smallest absolute Gasteiger partial charge is 0.272 e. The van der Waals surface area contributed by atoms with Crippen LogP contribution in [0.5, 0.6) is 5.75 Å². The van der Waals surface area contributed by atoms with E-state index in [-0.39, 0.29) is 36.8 Å². The van der Waals surface area contributed by atoms with E-state index in [1.807, 2.05) is 31.4 Å². The molecule has 0 atom stereocenters. The average molecular weight is 584 g/mol. The number of hydrogen-bond acceptors (Lipinski definition) is 6. The lowest BCUT2D eigenvalue weighted by atomic mass is 10.1. The van der Waals surface area contributed by atoms with Gasteiger partial charge in [-0.05, 0) is 63.1 Å². The summed E-state index contributed by atoms with van der Waals surface area (Å²) in [5.74, 6) is 0.733. The number of pyridine rings is 1. The number of carbonyl (C=O) groups is 1. The topological polar surface area (TPSA) is 75.5 Å². The number of amides is 1. The molecule has 0 spiro atoms. The third kappa shape index (κ3) is 5.75. The first-order valence-corrected chi connectivity index (χ1v) is 13.4. The lowest BCUT2D eigenvalue weighted by molar-refractivity contribution is 0.0935. The van der Waals surface area contributed by atoms with Crippen LogP contribution in [-0.4, -0.2) is 64.1 Å². The Balaban J connectivity index is 0.00000185. The Morgan fingerprint density at radius 2 is 1.75 bits per heavy atom. The molecule has 2 aliphatic heterocycles. The van der Waals surface area contributed by atoms with Crippen molar-refractivity contribution < 1.29 is 9.53 Å². The Morgan fingerprint density at radius 1 is 1.00 bits per heavy atom. The van der Waals surface area contributed by atoms with Crippen LogP contribution in [0.15, 0.2) is 54.9 Å². The molecule has 0 saturated carbocycles. The molecule has 0 unspecified atom stereocenters. The number of rotatable bonds is 6. The summed E-state index contributed by atoms with van der Waals surface area (Å²) in [4.78, 5) is 26.7. The quantitative estimate of drug-likeness (QED) is 0.346.